The van der Waals surface area contributed by atoms with Gasteiger partial charge >= 0.3 is 5.97 Å². The van der Waals surface area contributed by atoms with E-state index in [-0.39, 0.29) is 17.8 Å². The van der Waals surface area contributed by atoms with Gasteiger partial charge in [0.25, 0.3) is 0 Å². The van der Waals surface area contributed by atoms with E-state index in [0.717, 1.165) is 11.1 Å². The fourth-order valence-electron chi connectivity index (χ4n) is 3.91. The topological polar surface area (TPSA) is 179 Å². The molecule has 0 aliphatic carbocycles. The van der Waals surface area contributed by atoms with E-state index in [1.54, 1.807) is 20.4 Å². The minimum Gasteiger partial charge on any atom is -0.493 e. The van der Waals surface area contributed by atoms with Crippen LogP contribution in [-0.4, -0.2) is 81.2 Å². The fraction of sp³-hybridized carbons (Fsp3) is 0.600. The molecule has 0 spiro atoms. The van der Waals surface area contributed by atoms with Crippen LogP contribution in [0.15, 0.2) is 18.3 Å². The van der Waals surface area contributed by atoms with Gasteiger partial charge in [-0.25, -0.2) is 4.98 Å². The molecule has 240 valence electrons. The first-order chi connectivity index (χ1) is 20.5. The molecule has 1 heterocycles. The number of nitrogens with two attached hydrogens (primary N) is 2. The summed E-state index contributed by atoms with van der Waals surface area (Å²) in [4.78, 5) is 31.8. The molecule has 0 aliphatic heterocycles. The lowest BCUT2D eigenvalue weighted by Gasteiger charge is -2.19. The van der Waals surface area contributed by atoms with E-state index in [4.69, 9.17) is 39.9 Å². The van der Waals surface area contributed by atoms with Crippen molar-refractivity contribution in [3.05, 3.63) is 29.5 Å². The zero-order chi connectivity index (χ0) is 31.7. The van der Waals surface area contributed by atoms with Crippen molar-refractivity contribution < 1.29 is 38.0 Å². The minimum absolute atomic E-state index is 0.0487. The molecule has 0 radical (unpaired) electrons. The average molecular weight is 606 g/mol. The van der Waals surface area contributed by atoms with Gasteiger partial charge in [0.05, 0.1) is 40.6 Å². The van der Waals surface area contributed by atoms with Crippen molar-refractivity contribution >= 4 is 23.6 Å². The van der Waals surface area contributed by atoms with E-state index in [2.05, 4.69) is 15.3 Å². The number of nitrogen functional groups attached to an aromatic ring is 2. The van der Waals surface area contributed by atoms with Crippen molar-refractivity contribution in [2.24, 2.45) is 0 Å². The van der Waals surface area contributed by atoms with Gasteiger partial charge in [0, 0.05) is 44.2 Å². The van der Waals surface area contributed by atoms with E-state index < -0.39 is 5.60 Å². The first kappa shape index (κ1) is 35.4. The van der Waals surface area contributed by atoms with E-state index in [1.807, 2.05) is 32.9 Å². The van der Waals surface area contributed by atoms with Crippen LogP contribution in [0.1, 0.15) is 64.0 Å². The molecule has 43 heavy (non-hydrogen) atoms. The normalized spacial score (nSPS) is 11.2. The highest BCUT2D eigenvalue weighted by Gasteiger charge is 2.17. The van der Waals surface area contributed by atoms with Gasteiger partial charge in [-0.05, 0) is 57.7 Å². The highest BCUT2D eigenvalue weighted by molar-refractivity contribution is 5.75. The first-order valence-corrected chi connectivity index (χ1v) is 14.4. The Bertz CT molecular complexity index is 1130. The van der Waals surface area contributed by atoms with Crippen LogP contribution in [0.3, 0.4) is 0 Å². The third kappa shape index (κ3) is 14.3. The zero-order valence-corrected chi connectivity index (χ0v) is 26.0. The van der Waals surface area contributed by atoms with Crippen LogP contribution in [-0.2, 0) is 30.2 Å². The molecule has 0 bridgehead atoms. The Kier molecular flexibility index (Phi) is 15.3. The Hall–Kier alpha value is -3.84. The van der Waals surface area contributed by atoms with Crippen LogP contribution >= 0.6 is 0 Å². The molecular formula is C30H47N5O8. The van der Waals surface area contributed by atoms with Crippen LogP contribution in [0, 0.1) is 0 Å². The number of esters is 1. The second-order valence-electron chi connectivity index (χ2n) is 10.7. The van der Waals surface area contributed by atoms with Gasteiger partial charge in [-0.15, -0.1) is 0 Å². The molecule has 1 aromatic heterocycles. The largest absolute Gasteiger partial charge is 0.493 e. The van der Waals surface area contributed by atoms with Gasteiger partial charge in [-0.3, -0.25) is 9.59 Å². The standard InChI is InChI=1S/C30H47N5O8/c1-30(2,3)43-26(37)10-8-12-40-15-16-41-14-11-33-25(36)9-6-7-13-42-27-23(38-4)18-21(19-24(27)39-5)17-22-20-34-29(32)35-28(22)31/h18-20H,6-17H2,1-5H3,(H,33,36)(H4,31,32,34,35). The maximum Gasteiger partial charge on any atom is 0.306 e. The highest BCUT2D eigenvalue weighted by atomic mass is 16.6. The number of unbranched alkanes of at least 4 members (excludes halogenated alkanes) is 1. The molecular weight excluding hydrogens is 558 g/mol. The van der Waals surface area contributed by atoms with Crippen LogP contribution in [0.4, 0.5) is 11.8 Å². The maximum absolute atomic E-state index is 12.1. The molecule has 2 aromatic rings. The van der Waals surface area contributed by atoms with Crippen molar-refractivity contribution in [3.63, 3.8) is 0 Å². The Morgan fingerprint density at radius 3 is 2.19 bits per heavy atom. The average Bonchev–Trinajstić information content (AvgIpc) is 2.94. The lowest BCUT2D eigenvalue weighted by atomic mass is 10.1. The van der Waals surface area contributed by atoms with Crippen molar-refractivity contribution in [1.29, 1.82) is 0 Å². The Morgan fingerprint density at radius 1 is 0.884 bits per heavy atom. The number of carbonyl (C=O) groups excluding carboxylic acids is 2. The number of hydrogen-bond donors (Lipinski definition) is 3. The van der Waals surface area contributed by atoms with Crippen molar-refractivity contribution in [3.8, 4) is 17.2 Å². The number of carbonyl (C=O) groups is 2. The summed E-state index contributed by atoms with van der Waals surface area (Å²) < 4.78 is 33.2. The van der Waals surface area contributed by atoms with Crippen LogP contribution in [0.5, 0.6) is 17.2 Å². The summed E-state index contributed by atoms with van der Waals surface area (Å²) >= 11 is 0. The van der Waals surface area contributed by atoms with Gasteiger partial charge in [0.15, 0.2) is 11.5 Å². The van der Waals surface area contributed by atoms with Crippen LogP contribution < -0.4 is 31.0 Å². The Labute approximate surface area is 253 Å². The molecule has 0 saturated heterocycles. The fourth-order valence-corrected chi connectivity index (χ4v) is 3.91. The molecule has 13 heteroatoms. The molecule has 1 aromatic carbocycles. The maximum atomic E-state index is 12.1. The van der Waals surface area contributed by atoms with Crippen molar-refractivity contribution in [2.75, 3.05) is 65.3 Å². The second-order valence-corrected chi connectivity index (χ2v) is 10.7. The summed E-state index contributed by atoms with van der Waals surface area (Å²) in [5, 5.41) is 2.84. The second kappa shape index (κ2) is 18.6. The summed E-state index contributed by atoms with van der Waals surface area (Å²) in [5.41, 5.74) is 12.7. The lowest BCUT2D eigenvalue weighted by Crippen LogP contribution is -2.27. The molecule has 2 rings (SSSR count). The molecule has 0 aliphatic rings. The number of aromatic nitrogens is 2. The van der Waals surface area contributed by atoms with E-state index >= 15 is 0 Å². The molecule has 0 saturated carbocycles. The number of ether oxygens (including phenoxy) is 6. The first-order valence-electron chi connectivity index (χ1n) is 14.4. The Balaban J connectivity index is 1.59. The number of amides is 1. The van der Waals surface area contributed by atoms with Gasteiger partial charge in [-0.1, -0.05) is 0 Å². The number of rotatable bonds is 20. The predicted molar refractivity (Wildman–Crippen MR) is 162 cm³/mol. The monoisotopic (exact) mass is 605 g/mol. The molecule has 13 nitrogen and oxygen atoms in total. The third-order valence-electron chi connectivity index (χ3n) is 5.91. The Morgan fingerprint density at radius 2 is 1.56 bits per heavy atom. The zero-order valence-electron chi connectivity index (χ0n) is 26.0. The van der Waals surface area contributed by atoms with E-state index in [1.165, 1.54) is 0 Å². The van der Waals surface area contributed by atoms with Crippen molar-refractivity contribution in [1.82, 2.24) is 15.3 Å². The summed E-state index contributed by atoms with van der Waals surface area (Å²) in [6, 6.07) is 3.70. The van der Waals surface area contributed by atoms with E-state index in [9.17, 15) is 9.59 Å². The summed E-state index contributed by atoms with van der Waals surface area (Å²) in [6.07, 6.45) is 4.68. The van der Waals surface area contributed by atoms with Crippen LogP contribution in [0.25, 0.3) is 0 Å². The smallest absolute Gasteiger partial charge is 0.306 e. The number of benzene rings is 1. The predicted octanol–water partition coefficient (Wildman–Crippen LogP) is 3.07. The van der Waals surface area contributed by atoms with E-state index in [0.29, 0.717) is 101 Å². The molecule has 0 unspecified atom stereocenters. The van der Waals surface area contributed by atoms with Gasteiger partial charge in [-0.2, -0.15) is 4.98 Å². The molecule has 1 amide bonds. The summed E-state index contributed by atoms with van der Waals surface area (Å²) in [5.74, 6) is 1.69. The summed E-state index contributed by atoms with van der Waals surface area (Å²) in [6.45, 7) is 8.02. The number of methoxy groups -OCH3 is 2. The molecule has 5 N–H and O–H groups in total. The molecule has 0 fully saturated rings. The quantitative estimate of drug-likeness (QED) is 0.149. The SMILES string of the molecule is COc1cc(Cc2cnc(N)nc2N)cc(OC)c1OCCCCC(=O)NCCOCCOCCCC(=O)OC(C)(C)C. The minimum atomic E-state index is -0.472. The molecule has 0 atom stereocenters. The van der Waals surface area contributed by atoms with Gasteiger partial charge in [0.1, 0.15) is 11.4 Å². The van der Waals surface area contributed by atoms with Gasteiger partial charge in [0.2, 0.25) is 17.6 Å². The van der Waals surface area contributed by atoms with Crippen LogP contribution in [0.2, 0.25) is 0 Å². The number of nitrogens with zero attached hydrogens (tertiary/aromatic N) is 2. The third-order valence-corrected chi connectivity index (χ3v) is 5.91. The highest BCUT2D eigenvalue weighted by Crippen LogP contribution is 2.39. The number of hydrogen-bond acceptors (Lipinski definition) is 12. The number of nitrogens with one attached hydrogen (secondary N) is 1. The number of anilines is 2. The van der Waals surface area contributed by atoms with Crippen molar-refractivity contribution in [2.45, 2.75) is 64.9 Å². The summed E-state index contributed by atoms with van der Waals surface area (Å²) in [7, 11) is 3.12. The lowest BCUT2D eigenvalue weighted by molar-refractivity contribution is -0.155. The van der Waals surface area contributed by atoms with Gasteiger partial charge < -0.3 is 45.2 Å².